The molecule has 1 aromatic rings. The molecule has 3 N–H and O–H groups in total. The second kappa shape index (κ2) is 5.68. The molecule has 1 aliphatic rings. The second-order valence-corrected chi connectivity index (χ2v) is 5.41. The summed E-state index contributed by atoms with van der Waals surface area (Å²) >= 11 is 2.12. The van der Waals surface area contributed by atoms with Crippen LogP contribution in [0.3, 0.4) is 0 Å². The van der Waals surface area contributed by atoms with Crippen molar-refractivity contribution in [1.82, 2.24) is 10.6 Å². The number of hydrogen-bond acceptors (Lipinski definition) is 3. The molecule has 1 amide bonds. The SMILES string of the molecule is O=C(NCC1CCCN1)c1cc(I)ccc1O. The number of benzene rings is 1. The number of phenols is 1. The second-order valence-electron chi connectivity index (χ2n) is 4.16. The van der Waals surface area contributed by atoms with E-state index in [0.29, 0.717) is 18.2 Å². The van der Waals surface area contributed by atoms with Gasteiger partial charge in [0, 0.05) is 16.2 Å². The van der Waals surface area contributed by atoms with E-state index < -0.39 is 0 Å². The van der Waals surface area contributed by atoms with Gasteiger partial charge < -0.3 is 15.7 Å². The Balaban J connectivity index is 1.96. The van der Waals surface area contributed by atoms with Gasteiger partial charge in [-0.15, -0.1) is 0 Å². The van der Waals surface area contributed by atoms with Crippen LogP contribution in [0.5, 0.6) is 5.75 Å². The summed E-state index contributed by atoms with van der Waals surface area (Å²) in [5.41, 5.74) is 0.342. The molecular formula is C12H15IN2O2. The summed E-state index contributed by atoms with van der Waals surface area (Å²) in [6.07, 6.45) is 2.26. The van der Waals surface area contributed by atoms with Crippen molar-refractivity contribution in [2.75, 3.05) is 13.1 Å². The highest BCUT2D eigenvalue weighted by molar-refractivity contribution is 14.1. The maximum Gasteiger partial charge on any atom is 0.255 e. The van der Waals surface area contributed by atoms with E-state index in [2.05, 4.69) is 33.2 Å². The molecule has 1 aliphatic heterocycles. The van der Waals surface area contributed by atoms with Gasteiger partial charge in [0.25, 0.3) is 5.91 Å². The molecule has 1 unspecified atom stereocenters. The molecule has 0 bridgehead atoms. The van der Waals surface area contributed by atoms with Crippen LogP contribution in [0.2, 0.25) is 0 Å². The van der Waals surface area contributed by atoms with Gasteiger partial charge in [-0.3, -0.25) is 4.79 Å². The third-order valence-corrected chi connectivity index (χ3v) is 3.55. The molecular weight excluding hydrogens is 331 g/mol. The number of halogens is 1. The van der Waals surface area contributed by atoms with E-state index in [9.17, 15) is 9.90 Å². The molecule has 1 atom stereocenters. The Kier molecular flexibility index (Phi) is 4.22. The van der Waals surface area contributed by atoms with Crippen LogP contribution in [0.4, 0.5) is 0 Å². The zero-order valence-corrected chi connectivity index (χ0v) is 11.5. The molecule has 1 heterocycles. The minimum Gasteiger partial charge on any atom is -0.507 e. The van der Waals surface area contributed by atoms with Crippen molar-refractivity contribution in [1.29, 1.82) is 0 Å². The maximum absolute atomic E-state index is 11.9. The zero-order valence-electron chi connectivity index (χ0n) is 9.37. The molecule has 0 saturated carbocycles. The van der Waals surface area contributed by atoms with Crippen LogP contribution in [0.1, 0.15) is 23.2 Å². The topological polar surface area (TPSA) is 61.4 Å². The highest BCUT2D eigenvalue weighted by Gasteiger charge is 2.16. The number of carbonyl (C=O) groups is 1. The predicted molar refractivity (Wildman–Crippen MR) is 74.2 cm³/mol. The van der Waals surface area contributed by atoms with Gasteiger partial charge in [-0.2, -0.15) is 0 Å². The molecule has 0 spiro atoms. The third kappa shape index (κ3) is 3.32. The van der Waals surface area contributed by atoms with Crippen LogP contribution in [0, 0.1) is 3.57 Å². The molecule has 0 aromatic heterocycles. The van der Waals surface area contributed by atoms with Crippen molar-refractivity contribution in [2.24, 2.45) is 0 Å². The molecule has 0 radical (unpaired) electrons. The summed E-state index contributed by atoms with van der Waals surface area (Å²) in [4.78, 5) is 11.9. The highest BCUT2D eigenvalue weighted by atomic mass is 127. The van der Waals surface area contributed by atoms with Crippen molar-refractivity contribution in [3.63, 3.8) is 0 Å². The first kappa shape index (κ1) is 12.6. The number of phenolic OH excluding ortho intramolecular Hbond substituents is 1. The fourth-order valence-electron chi connectivity index (χ4n) is 1.93. The molecule has 1 fully saturated rings. The van der Waals surface area contributed by atoms with Gasteiger partial charge in [0.15, 0.2) is 0 Å². The van der Waals surface area contributed by atoms with Crippen molar-refractivity contribution in [3.05, 3.63) is 27.3 Å². The molecule has 4 nitrogen and oxygen atoms in total. The number of rotatable bonds is 3. The third-order valence-electron chi connectivity index (χ3n) is 2.87. The van der Waals surface area contributed by atoms with Crippen LogP contribution in [0.25, 0.3) is 0 Å². The molecule has 1 saturated heterocycles. The van der Waals surface area contributed by atoms with Crippen molar-refractivity contribution in [3.8, 4) is 5.75 Å². The Morgan fingerprint density at radius 1 is 1.59 bits per heavy atom. The minimum absolute atomic E-state index is 0.0299. The van der Waals surface area contributed by atoms with Crippen LogP contribution in [-0.2, 0) is 0 Å². The lowest BCUT2D eigenvalue weighted by molar-refractivity contribution is 0.0947. The largest absolute Gasteiger partial charge is 0.507 e. The summed E-state index contributed by atoms with van der Waals surface area (Å²) in [6.45, 7) is 1.64. The van der Waals surface area contributed by atoms with Crippen molar-refractivity contribution < 1.29 is 9.90 Å². The Bertz CT molecular complexity index is 417. The predicted octanol–water partition coefficient (Wildman–Crippen LogP) is 1.48. The fourth-order valence-corrected chi connectivity index (χ4v) is 2.42. The lowest BCUT2D eigenvalue weighted by Gasteiger charge is -2.12. The standard InChI is InChI=1S/C12H15IN2O2/c13-8-3-4-11(16)10(6-8)12(17)15-7-9-2-1-5-14-9/h3-4,6,9,14,16H,1-2,5,7H2,(H,15,17). The van der Waals surface area contributed by atoms with E-state index in [-0.39, 0.29) is 11.7 Å². The van der Waals surface area contributed by atoms with Crippen LogP contribution >= 0.6 is 22.6 Å². The average molecular weight is 346 g/mol. The molecule has 2 rings (SSSR count). The van der Waals surface area contributed by atoms with E-state index >= 15 is 0 Å². The number of amides is 1. The zero-order chi connectivity index (χ0) is 12.3. The van der Waals surface area contributed by atoms with E-state index in [1.807, 2.05) is 0 Å². The first-order chi connectivity index (χ1) is 8.16. The highest BCUT2D eigenvalue weighted by Crippen LogP contribution is 2.19. The van der Waals surface area contributed by atoms with E-state index in [0.717, 1.165) is 23.0 Å². The summed E-state index contributed by atoms with van der Waals surface area (Å²) in [7, 11) is 0. The molecule has 1 aromatic carbocycles. The molecule has 0 aliphatic carbocycles. The van der Waals surface area contributed by atoms with Crippen LogP contribution < -0.4 is 10.6 Å². The summed E-state index contributed by atoms with van der Waals surface area (Å²) in [5, 5.41) is 15.8. The van der Waals surface area contributed by atoms with Crippen LogP contribution in [-0.4, -0.2) is 30.1 Å². The van der Waals surface area contributed by atoms with Gasteiger partial charge in [-0.05, 0) is 60.2 Å². The first-order valence-electron chi connectivity index (χ1n) is 5.67. The first-order valence-corrected chi connectivity index (χ1v) is 6.75. The lowest BCUT2D eigenvalue weighted by Crippen LogP contribution is -2.37. The Morgan fingerprint density at radius 2 is 2.41 bits per heavy atom. The van der Waals surface area contributed by atoms with Gasteiger partial charge >= 0.3 is 0 Å². The monoisotopic (exact) mass is 346 g/mol. The van der Waals surface area contributed by atoms with Gasteiger partial charge in [0.1, 0.15) is 5.75 Å². The lowest BCUT2D eigenvalue weighted by atomic mass is 10.1. The summed E-state index contributed by atoms with van der Waals surface area (Å²) < 4.78 is 0.935. The quantitative estimate of drug-likeness (QED) is 0.727. The maximum atomic E-state index is 11.9. The van der Waals surface area contributed by atoms with Gasteiger partial charge in [-0.1, -0.05) is 0 Å². The molecule has 92 valence electrons. The average Bonchev–Trinajstić information content (AvgIpc) is 2.82. The Morgan fingerprint density at radius 3 is 3.12 bits per heavy atom. The van der Waals surface area contributed by atoms with Crippen molar-refractivity contribution in [2.45, 2.75) is 18.9 Å². The normalized spacial score (nSPS) is 19.2. The van der Waals surface area contributed by atoms with E-state index in [4.69, 9.17) is 0 Å². The molecule has 5 heteroatoms. The Labute approximate surface area is 114 Å². The summed E-state index contributed by atoms with van der Waals surface area (Å²) in [5.74, 6) is -0.183. The van der Waals surface area contributed by atoms with E-state index in [1.165, 1.54) is 0 Å². The van der Waals surface area contributed by atoms with Gasteiger partial charge in [0.05, 0.1) is 5.56 Å². The van der Waals surface area contributed by atoms with Gasteiger partial charge in [-0.25, -0.2) is 0 Å². The van der Waals surface area contributed by atoms with E-state index in [1.54, 1.807) is 18.2 Å². The number of carbonyl (C=O) groups excluding carboxylic acids is 1. The minimum atomic E-state index is -0.213. The number of nitrogens with one attached hydrogen (secondary N) is 2. The van der Waals surface area contributed by atoms with Crippen LogP contribution in [0.15, 0.2) is 18.2 Å². The smallest absolute Gasteiger partial charge is 0.255 e. The number of aromatic hydroxyl groups is 1. The summed E-state index contributed by atoms with van der Waals surface area (Å²) in [6, 6.07) is 5.37. The van der Waals surface area contributed by atoms with Crippen molar-refractivity contribution >= 4 is 28.5 Å². The van der Waals surface area contributed by atoms with Gasteiger partial charge in [0.2, 0.25) is 0 Å². The molecule has 17 heavy (non-hydrogen) atoms. The Hall–Kier alpha value is -0.820. The number of hydrogen-bond donors (Lipinski definition) is 3. The fraction of sp³-hybridized carbons (Fsp3) is 0.417.